The molecule has 15 heavy (non-hydrogen) atoms. The summed E-state index contributed by atoms with van der Waals surface area (Å²) in [6, 6.07) is 0. The van der Waals surface area contributed by atoms with Crippen molar-refractivity contribution in [2.24, 2.45) is 0 Å². The number of nitrogens with one attached hydrogen (secondary N) is 1. The minimum Gasteiger partial charge on any atom is -0.356 e. The summed E-state index contributed by atoms with van der Waals surface area (Å²) in [6.07, 6.45) is 2.40. The van der Waals surface area contributed by atoms with Gasteiger partial charge in [-0.05, 0) is 0 Å². The molecule has 0 saturated carbocycles. The predicted octanol–water partition coefficient (Wildman–Crippen LogP) is -1.26. The van der Waals surface area contributed by atoms with Crippen LogP contribution in [-0.2, 0) is 16.0 Å². The Kier molecular flexibility index (Phi) is 4.19. The first-order chi connectivity index (χ1) is 7.19. The van der Waals surface area contributed by atoms with Crippen molar-refractivity contribution in [2.75, 3.05) is 14.2 Å². The van der Waals surface area contributed by atoms with Crippen LogP contribution in [0.4, 0.5) is 0 Å². The maximum absolute atomic E-state index is 11.2. The van der Waals surface area contributed by atoms with Gasteiger partial charge in [-0.3, -0.25) is 14.2 Å². The fourth-order valence-electron chi connectivity index (χ4n) is 1.07. The summed E-state index contributed by atoms with van der Waals surface area (Å²) in [5.41, 5.74) is -1.45. The molecule has 0 unspecified atom stereocenters. The van der Waals surface area contributed by atoms with Crippen LogP contribution in [0.5, 0.6) is 0 Å². The molecule has 0 aliphatic carbocycles. The molecule has 0 aliphatic rings. The molecular weight excluding hydrogens is 202 g/mol. The Morgan fingerprint density at radius 2 is 2.13 bits per heavy atom. The summed E-state index contributed by atoms with van der Waals surface area (Å²) >= 11 is 0. The second-order valence-electron chi connectivity index (χ2n) is 2.80. The molecule has 0 bridgehead atoms. The number of methoxy groups -OCH3 is 2. The maximum atomic E-state index is 11.2. The Morgan fingerprint density at radius 1 is 1.47 bits per heavy atom. The Labute approximate surface area is 85.6 Å². The third-order valence-corrected chi connectivity index (χ3v) is 1.88. The summed E-state index contributed by atoms with van der Waals surface area (Å²) in [4.78, 5) is 22.1. The van der Waals surface area contributed by atoms with Gasteiger partial charge >= 0.3 is 11.1 Å². The zero-order valence-corrected chi connectivity index (χ0v) is 8.52. The summed E-state index contributed by atoms with van der Waals surface area (Å²) in [7, 11) is 2.99. The topological polar surface area (TPSA) is 86.2 Å². The van der Waals surface area contributed by atoms with Crippen molar-refractivity contribution >= 4 is 0 Å². The van der Waals surface area contributed by atoms with Gasteiger partial charge in [-0.15, -0.1) is 0 Å². The van der Waals surface area contributed by atoms with Gasteiger partial charge in [-0.1, -0.05) is 0 Å². The SMILES string of the molecule is COC(CCn1[c]n[nH]c(=O)c1=O)OC. The monoisotopic (exact) mass is 214 g/mol. The smallest absolute Gasteiger partial charge is 0.330 e. The first kappa shape index (κ1) is 11.6. The standard InChI is InChI=1S/C8H12N3O4/c1-14-6(15-2)3-4-11-5-9-10-7(12)8(11)13/h6H,3-4H2,1-2H3,(H,10,12). The molecule has 1 rings (SSSR count). The quantitative estimate of drug-likeness (QED) is 0.488. The number of rotatable bonds is 5. The van der Waals surface area contributed by atoms with Crippen LogP contribution >= 0.6 is 0 Å². The van der Waals surface area contributed by atoms with Crippen molar-refractivity contribution in [1.29, 1.82) is 0 Å². The second-order valence-corrected chi connectivity index (χ2v) is 2.80. The van der Waals surface area contributed by atoms with Gasteiger partial charge in [0.1, 0.15) is 0 Å². The number of hydrogen-bond donors (Lipinski definition) is 1. The molecule has 0 atom stereocenters. The van der Waals surface area contributed by atoms with E-state index in [1.165, 1.54) is 14.2 Å². The van der Waals surface area contributed by atoms with Crippen molar-refractivity contribution in [2.45, 2.75) is 19.3 Å². The molecule has 7 nitrogen and oxygen atoms in total. The van der Waals surface area contributed by atoms with Crippen molar-refractivity contribution in [3.05, 3.63) is 27.0 Å². The lowest BCUT2D eigenvalue weighted by molar-refractivity contribution is -0.108. The number of nitrogens with zero attached hydrogens (tertiary/aromatic N) is 2. The van der Waals surface area contributed by atoms with Gasteiger partial charge in [0.15, 0.2) is 6.29 Å². The number of aryl methyl sites for hydroxylation is 1. The van der Waals surface area contributed by atoms with Crippen molar-refractivity contribution in [3.8, 4) is 0 Å². The van der Waals surface area contributed by atoms with Crippen LogP contribution in [0.25, 0.3) is 0 Å². The van der Waals surface area contributed by atoms with E-state index in [2.05, 4.69) is 11.4 Å². The third-order valence-electron chi connectivity index (χ3n) is 1.88. The molecule has 1 N–H and O–H groups in total. The highest BCUT2D eigenvalue weighted by molar-refractivity contribution is 4.73. The average molecular weight is 214 g/mol. The van der Waals surface area contributed by atoms with Crippen LogP contribution in [0.3, 0.4) is 0 Å². The number of aromatic amines is 1. The van der Waals surface area contributed by atoms with Crippen LogP contribution in [0, 0.1) is 6.33 Å². The first-order valence-corrected chi connectivity index (χ1v) is 4.32. The van der Waals surface area contributed by atoms with E-state index in [9.17, 15) is 9.59 Å². The molecule has 7 heteroatoms. The van der Waals surface area contributed by atoms with Crippen LogP contribution < -0.4 is 11.1 Å². The van der Waals surface area contributed by atoms with Gasteiger partial charge in [0.25, 0.3) is 0 Å². The minimum atomic E-state index is -0.764. The first-order valence-electron chi connectivity index (χ1n) is 4.32. The van der Waals surface area contributed by atoms with Crippen LogP contribution in [0.2, 0.25) is 0 Å². The molecule has 0 spiro atoms. The van der Waals surface area contributed by atoms with Gasteiger partial charge in [0.05, 0.1) is 0 Å². The maximum Gasteiger partial charge on any atom is 0.330 e. The largest absolute Gasteiger partial charge is 0.356 e. The number of hydrogen-bond acceptors (Lipinski definition) is 5. The van der Waals surface area contributed by atoms with Crippen molar-refractivity contribution in [3.63, 3.8) is 0 Å². The Balaban J connectivity index is 2.70. The van der Waals surface area contributed by atoms with E-state index >= 15 is 0 Å². The van der Waals surface area contributed by atoms with Gasteiger partial charge in [0, 0.05) is 27.2 Å². The van der Waals surface area contributed by atoms with E-state index in [0.29, 0.717) is 6.42 Å². The molecule has 0 fully saturated rings. The van der Waals surface area contributed by atoms with E-state index in [-0.39, 0.29) is 6.54 Å². The molecule has 1 aromatic rings. The van der Waals surface area contributed by atoms with Crippen molar-refractivity contribution < 1.29 is 9.47 Å². The summed E-state index contributed by atoms with van der Waals surface area (Å²) in [5, 5.41) is 5.39. The molecule has 0 aromatic carbocycles. The third kappa shape index (κ3) is 3.00. The zero-order chi connectivity index (χ0) is 11.3. The van der Waals surface area contributed by atoms with Gasteiger partial charge < -0.3 is 9.47 Å². The molecule has 83 valence electrons. The Hall–Kier alpha value is -1.47. The molecule has 0 amide bonds. The fourth-order valence-corrected chi connectivity index (χ4v) is 1.07. The average Bonchev–Trinajstić information content (AvgIpc) is 2.25. The van der Waals surface area contributed by atoms with E-state index < -0.39 is 17.4 Å². The van der Waals surface area contributed by atoms with E-state index in [1.54, 1.807) is 0 Å². The van der Waals surface area contributed by atoms with E-state index in [0.717, 1.165) is 4.57 Å². The summed E-state index contributed by atoms with van der Waals surface area (Å²) in [5.74, 6) is 0. The normalized spacial score (nSPS) is 10.9. The number of H-pyrrole nitrogens is 1. The van der Waals surface area contributed by atoms with Crippen molar-refractivity contribution in [1.82, 2.24) is 14.8 Å². The highest BCUT2D eigenvalue weighted by Crippen LogP contribution is 1.98. The molecule has 1 heterocycles. The van der Waals surface area contributed by atoms with Crippen LogP contribution in [-0.4, -0.2) is 35.3 Å². The van der Waals surface area contributed by atoms with Gasteiger partial charge in [-0.2, -0.15) is 5.10 Å². The van der Waals surface area contributed by atoms with Crippen LogP contribution in [0.15, 0.2) is 9.59 Å². The van der Waals surface area contributed by atoms with Gasteiger partial charge in [-0.25, -0.2) is 5.10 Å². The van der Waals surface area contributed by atoms with Crippen LogP contribution in [0.1, 0.15) is 6.42 Å². The number of ether oxygens (including phenoxy) is 2. The molecule has 1 aromatic heterocycles. The lowest BCUT2D eigenvalue weighted by atomic mass is 10.4. The molecule has 0 aliphatic heterocycles. The molecular formula is C8H12N3O4. The number of aromatic nitrogens is 3. The molecule has 0 saturated heterocycles. The zero-order valence-electron chi connectivity index (χ0n) is 8.52. The lowest BCUT2D eigenvalue weighted by Crippen LogP contribution is -2.37. The van der Waals surface area contributed by atoms with E-state index in [4.69, 9.17) is 9.47 Å². The summed E-state index contributed by atoms with van der Waals surface area (Å²) < 4.78 is 11.0. The highest BCUT2D eigenvalue weighted by Gasteiger charge is 2.07. The predicted molar refractivity (Wildman–Crippen MR) is 50.4 cm³/mol. The van der Waals surface area contributed by atoms with Gasteiger partial charge in [0.2, 0.25) is 6.33 Å². The fraction of sp³-hybridized carbons (Fsp3) is 0.625. The highest BCUT2D eigenvalue weighted by atomic mass is 16.7. The lowest BCUT2D eigenvalue weighted by Gasteiger charge is -2.12. The molecule has 1 radical (unpaired) electrons. The second kappa shape index (κ2) is 5.42. The van der Waals surface area contributed by atoms with E-state index in [1.807, 2.05) is 5.10 Å². The Morgan fingerprint density at radius 3 is 2.73 bits per heavy atom. The summed E-state index contributed by atoms with van der Waals surface area (Å²) in [6.45, 7) is 0.266. The Bertz CT molecular complexity index is 407. The minimum absolute atomic E-state index is 0.266.